The van der Waals surface area contributed by atoms with Crippen molar-refractivity contribution >= 4 is 5.95 Å². The Kier molecular flexibility index (Phi) is 3.73. The molecule has 3 heterocycles. The molecule has 0 saturated carbocycles. The molecule has 1 aliphatic heterocycles. The molecule has 0 bridgehead atoms. The van der Waals surface area contributed by atoms with Crippen LogP contribution in [-0.2, 0) is 6.54 Å². The number of anilines is 1. The van der Waals surface area contributed by atoms with Crippen molar-refractivity contribution in [2.75, 3.05) is 37.6 Å². The normalized spacial score (nSPS) is 16.9. The fourth-order valence-corrected chi connectivity index (χ4v) is 2.42. The Morgan fingerprint density at radius 1 is 1.16 bits per heavy atom. The second-order valence-corrected chi connectivity index (χ2v) is 4.76. The van der Waals surface area contributed by atoms with Gasteiger partial charge in [0.25, 0.3) is 0 Å². The third kappa shape index (κ3) is 3.11. The predicted molar refractivity (Wildman–Crippen MR) is 71.9 cm³/mol. The molecule has 0 spiro atoms. The first-order valence-corrected chi connectivity index (χ1v) is 6.72. The fourth-order valence-electron chi connectivity index (χ4n) is 2.42. The molecule has 3 rings (SSSR count). The molecule has 0 aliphatic carbocycles. The van der Waals surface area contributed by atoms with Crippen molar-refractivity contribution in [3.8, 4) is 0 Å². The molecule has 1 aliphatic rings. The minimum atomic E-state index is 0.885. The van der Waals surface area contributed by atoms with Crippen molar-refractivity contribution in [3.05, 3.63) is 24.8 Å². The molecule has 0 unspecified atom stereocenters. The third-order valence-electron chi connectivity index (χ3n) is 3.49. The Labute approximate surface area is 112 Å². The van der Waals surface area contributed by atoms with Crippen LogP contribution in [0.2, 0.25) is 0 Å². The summed E-state index contributed by atoms with van der Waals surface area (Å²) in [6.45, 7) is 6.31. The molecule has 102 valence electrons. The summed E-state index contributed by atoms with van der Waals surface area (Å²) in [5.41, 5.74) is 0. The van der Waals surface area contributed by atoms with Gasteiger partial charge in [-0.15, -0.1) is 0 Å². The van der Waals surface area contributed by atoms with E-state index in [9.17, 15) is 0 Å². The lowest BCUT2D eigenvalue weighted by Crippen LogP contribution is -2.47. The van der Waals surface area contributed by atoms with Crippen LogP contribution in [0.3, 0.4) is 0 Å². The number of aryl methyl sites for hydroxylation is 1. The molecule has 0 aromatic carbocycles. The standard InChI is InChI=1S/C12H19N7/c1-3-15-19(5-1)6-2-4-17-7-9-18(10-8-17)12-13-11-14-16-12/h1,3,5,11H,2,4,6-10H2,(H,13,14,16). The van der Waals surface area contributed by atoms with Gasteiger partial charge in [0.15, 0.2) is 0 Å². The zero-order valence-corrected chi connectivity index (χ0v) is 10.9. The van der Waals surface area contributed by atoms with Crippen LogP contribution < -0.4 is 4.90 Å². The molecule has 19 heavy (non-hydrogen) atoms. The number of aromatic amines is 1. The Bertz CT molecular complexity index is 453. The van der Waals surface area contributed by atoms with E-state index in [0.29, 0.717) is 0 Å². The Morgan fingerprint density at radius 2 is 2.05 bits per heavy atom. The van der Waals surface area contributed by atoms with E-state index in [1.165, 1.54) is 0 Å². The van der Waals surface area contributed by atoms with Crippen molar-refractivity contribution in [2.45, 2.75) is 13.0 Å². The van der Waals surface area contributed by atoms with Gasteiger partial charge in [-0.2, -0.15) is 15.2 Å². The molecule has 7 heteroatoms. The number of nitrogens with zero attached hydrogens (tertiary/aromatic N) is 6. The molecule has 2 aromatic rings. The van der Waals surface area contributed by atoms with Gasteiger partial charge in [-0.05, 0) is 12.5 Å². The van der Waals surface area contributed by atoms with E-state index >= 15 is 0 Å². The van der Waals surface area contributed by atoms with Crippen LogP contribution in [0, 0.1) is 0 Å². The minimum absolute atomic E-state index is 0.885. The van der Waals surface area contributed by atoms with Crippen LogP contribution in [0.1, 0.15) is 6.42 Å². The molecule has 2 aromatic heterocycles. The number of H-pyrrole nitrogens is 1. The van der Waals surface area contributed by atoms with Crippen molar-refractivity contribution in [3.63, 3.8) is 0 Å². The summed E-state index contributed by atoms with van der Waals surface area (Å²) in [4.78, 5) is 8.93. The van der Waals surface area contributed by atoms with Gasteiger partial charge in [0, 0.05) is 51.7 Å². The molecule has 1 fully saturated rings. The maximum absolute atomic E-state index is 4.22. The number of rotatable bonds is 5. The SMILES string of the molecule is c1cnn(CCCN2CCN(c3ncn[nH]3)CC2)c1. The first-order chi connectivity index (χ1) is 9.42. The summed E-state index contributed by atoms with van der Waals surface area (Å²) in [5.74, 6) is 0.885. The van der Waals surface area contributed by atoms with Gasteiger partial charge >= 0.3 is 0 Å². The molecule has 0 radical (unpaired) electrons. The van der Waals surface area contributed by atoms with Gasteiger partial charge in [-0.1, -0.05) is 0 Å². The lowest BCUT2D eigenvalue weighted by molar-refractivity contribution is 0.248. The lowest BCUT2D eigenvalue weighted by Gasteiger charge is -2.34. The van der Waals surface area contributed by atoms with Gasteiger partial charge in [-0.25, -0.2) is 5.10 Å². The summed E-state index contributed by atoms with van der Waals surface area (Å²) in [6, 6.07) is 1.97. The predicted octanol–water partition coefficient (Wildman–Crippen LogP) is 0.213. The minimum Gasteiger partial charge on any atom is -0.339 e. The van der Waals surface area contributed by atoms with Crippen LogP contribution in [0.5, 0.6) is 0 Å². The Hall–Kier alpha value is -1.89. The van der Waals surface area contributed by atoms with Gasteiger partial charge < -0.3 is 4.90 Å². The second-order valence-electron chi connectivity index (χ2n) is 4.76. The highest BCUT2D eigenvalue weighted by Crippen LogP contribution is 2.09. The van der Waals surface area contributed by atoms with Crippen LogP contribution in [-0.4, -0.2) is 62.6 Å². The molecular formula is C12H19N7. The average Bonchev–Trinajstić information content (AvgIpc) is 3.13. The molecule has 1 saturated heterocycles. The maximum Gasteiger partial charge on any atom is 0.221 e. The fraction of sp³-hybridized carbons (Fsp3) is 0.583. The van der Waals surface area contributed by atoms with E-state index in [2.05, 4.69) is 30.1 Å². The lowest BCUT2D eigenvalue weighted by atomic mass is 10.3. The number of aromatic nitrogens is 5. The summed E-state index contributed by atoms with van der Waals surface area (Å²) in [6.07, 6.45) is 6.55. The van der Waals surface area contributed by atoms with Crippen LogP contribution in [0.25, 0.3) is 0 Å². The zero-order chi connectivity index (χ0) is 12.9. The number of nitrogens with one attached hydrogen (secondary N) is 1. The van der Waals surface area contributed by atoms with E-state index in [4.69, 9.17) is 0 Å². The molecule has 0 atom stereocenters. The molecule has 0 amide bonds. The summed E-state index contributed by atoms with van der Waals surface area (Å²) < 4.78 is 1.99. The van der Waals surface area contributed by atoms with E-state index in [1.54, 1.807) is 6.33 Å². The van der Waals surface area contributed by atoms with Gasteiger partial charge in [0.05, 0.1) is 0 Å². The molecule has 1 N–H and O–H groups in total. The van der Waals surface area contributed by atoms with Gasteiger partial charge in [-0.3, -0.25) is 9.58 Å². The summed E-state index contributed by atoms with van der Waals surface area (Å²) in [5, 5.41) is 11.0. The Balaban J connectivity index is 1.38. The summed E-state index contributed by atoms with van der Waals surface area (Å²) >= 11 is 0. The van der Waals surface area contributed by atoms with E-state index in [0.717, 1.165) is 51.6 Å². The zero-order valence-electron chi connectivity index (χ0n) is 10.9. The monoisotopic (exact) mass is 261 g/mol. The largest absolute Gasteiger partial charge is 0.339 e. The second kappa shape index (κ2) is 5.83. The Morgan fingerprint density at radius 3 is 2.74 bits per heavy atom. The highest BCUT2D eigenvalue weighted by Gasteiger charge is 2.18. The van der Waals surface area contributed by atoms with Crippen LogP contribution in [0.15, 0.2) is 24.8 Å². The van der Waals surface area contributed by atoms with Crippen molar-refractivity contribution in [1.29, 1.82) is 0 Å². The van der Waals surface area contributed by atoms with Gasteiger partial charge in [0.1, 0.15) is 6.33 Å². The van der Waals surface area contributed by atoms with E-state index < -0.39 is 0 Å². The number of piperazine rings is 1. The quantitative estimate of drug-likeness (QED) is 0.833. The maximum atomic E-state index is 4.22. The highest BCUT2D eigenvalue weighted by atomic mass is 15.4. The van der Waals surface area contributed by atoms with Gasteiger partial charge in [0.2, 0.25) is 5.95 Å². The first-order valence-electron chi connectivity index (χ1n) is 6.72. The topological polar surface area (TPSA) is 65.9 Å². The van der Waals surface area contributed by atoms with E-state index in [-0.39, 0.29) is 0 Å². The number of hydrogen-bond donors (Lipinski definition) is 1. The smallest absolute Gasteiger partial charge is 0.221 e. The molecule has 7 nitrogen and oxygen atoms in total. The highest BCUT2D eigenvalue weighted by molar-refractivity contribution is 5.27. The van der Waals surface area contributed by atoms with Crippen LogP contribution >= 0.6 is 0 Å². The van der Waals surface area contributed by atoms with Crippen molar-refractivity contribution < 1.29 is 0 Å². The first kappa shape index (κ1) is 12.2. The summed E-state index contributed by atoms with van der Waals surface area (Å²) in [7, 11) is 0. The van der Waals surface area contributed by atoms with Crippen molar-refractivity contribution in [2.24, 2.45) is 0 Å². The van der Waals surface area contributed by atoms with Crippen molar-refractivity contribution in [1.82, 2.24) is 29.9 Å². The third-order valence-corrected chi connectivity index (χ3v) is 3.49. The van der Waals surface area contributed by atoms with Crippen LogP contribution in [0.4, 0.5) is 5.95 Å². The molecular weight excluding hydrogens is 242 g/mol. The van der Waals surface area contributed by atoms with E-state index in [1.807, 2.05) is 23.1 Å². The average molecular weight is 261 g/mol. The number of hydrogen-bond acceptors (Lipinski definition) is 5.